The van der Waals surface area contributed by atoms with E-state index < -0.39 is 0 Å². The highest BCUT2D eigenvalue weighted by atomic mass is 15.1. The van der Waals surface area contributed by atoms with E-state index in [4.69, 9.17) is 6.42 Å². The zero-order valence-corrected chi connectivity index (χ0v) is 10.4. The van der Waals surface area contributed by atoms with Crippen LogP contribution in [0.1, 0.15) is 0 Å². The summed E-state index contributed by atoms with van der Waals surface area (Å²) in [5, 5.41) is 2.49. The summed E-state index contributed by atoms with van der Waals surface area (Å²) in [6.45, 7) is 0.588. The normalized spacial score (nSPS) is 11.3. The molecule has 19 heavy (non-hydrogen) atoms. The number of para-hydroxylation sites is 2. The van der Waals surface area contributed by atoms with Gasteiger partial charge in [0, 0.05) is 17.0 Å². The molecule has 0 amide bonds. The minimum atomic E-state index is 0.588. The molecule has 0 bridgehead atoms. The lowest BCUT2D eigenvalue weighted by Gasteiger charge is -2.00. The summed E-state index contributed by atoms with van der Waals surface area (Å²) in [6, 6.07) is 16.8. The Labute approximate surface area is 110 Å². The molecule has 0 fully saturated rings. The minimum absolute atomic E-state index is 0.588. The van der Waals surface area contributed by atoms with Gasteiger partial charge in [-0.05, 0) is 12.1 Å². The number of fused-ring (bicyclic) bond motifs is 5. The number of nitrogens with zero attached hydrogens (tertiary/aromatic N) is 2. The van der Waals surface area contributed by atoms with Crippen molar-refractivity contribution >= 4 is 27.5 Å². The fourth-order valence-corrected chi connectivity index (χ4v) is 2.86. The molecule has 0 atom stereocenters. The van der Waals surface area contributed by atoms with E-state index in [9.17, 15) is 0 Å². The van der Waals surface area contributed by atoms with Crippen molar-refractivity contribution in [2.45, 2.75) is 6.54 Å². The molecule has 90 valence electrons. The van der Waals surface area contributed by atoms with E-state index in [2.05, 4.69) is 69.6 Å². The number of aromatic nitrogens is 2. The predicted molar refractivity (Wildman–Crippen MR) is 79.2 cm³/mol. The first kappa shape index (κ1) is 10.3. The predicted octanol–water partition coefficient (Wildman–Crippen LogP) is 3.68. The quantitative estimate of drug-likeness (QED) is 0.452. The Balaban J connectivity index is 2.32. The Kier molecular flexibility index (Phi) is 1.98. The highest BCUT2D eigenvalue weighted by Gasteiger charge is 2.12. The van der Waals surface area contributed by atoms with Gasteiger partial charge in [0.25, 0.3) is 0 Å². The van der Waals surface area contributed by atoms with Crippen LogP contribution in [-0.2, 0) is 6.54 Å². The molecule has 0 radical (unpaired) electrons. The van der Waals surface area contributed by atoms with Gasteiger partial charge in [-0.1, -0.05) is 42.3 Å². The topological polar surface area (TPSA) is 9.34 Å². The Hall–Kier alpha value is -2.66. The van der Waals surface area contributed by atoms with Gasteiger partial charge in [0.05, 0.1) is 17.6 Å². The molecule has 2 heteroatoms. The van der Waals surface area contributed by atoms with Crippen LogP contribution in [0.4, 0.5) is 0 Å². The van der Waals surface area contributed by atoms with Crippen LogP contribution in [0.25, 0.3) is 27.5 Å². The van der Waals surface area contributed by atoms with Gasteiger partial charge >= 0.3 is 0 Å². The number of rotatable bonds is 1. The molecule has 0 aliphatic rings. The fraction of sp³-hybridized carbons (Fsp3) is 0.0588. The van der Waals surface area contributed by atoms with Crippen molar-refractivity contribution in [1.82, 2.24) is 8.97 Å². The van der Waals surface area contributed by atoms with Crippen molar-refractivity contribution < 1.29 is 0 Å². The first-order chi connectivity index (χ1) is 9.40. The third kappa shape index (κ3) is 1.27. The lowest BCUT2D eigenvalue weighted by molar-refractivity contribution is 0.913. The van der Waals surface area contributed by atoms with Crippen molar-refractivity contribution in [1.29, 1.82) is 0 Å². The number of benzene rings is 2. The summed E-state index contributed by atoms with van der Waals surface area (Å²) in [5.41, 5.74) is 3.56. The van der Waals surface area contributed by atoms with E-state index in [1.165, 1.54) is 27.5 Å². The first-order valence-electron chi connectivity index (χ1n) is 6.30. The van der Waals surface area contributed by atoms with Gasteiger partial charge in [0.15, 0.2) is 0 Å². The zero-order valence-electron chi connectivity index (χ0n) is 10.4. The molecule has 2 aromatic heterocycles. The Morgan fingerprint density at radius 2 is 1.68 bits per heavy atom. The molecule has 2 nitrogen and oxygen atoms in total. The lowest BCUT2D eigenvalue weighted by Crippen LogP contribution is -1.94. The van der Waals surface area contributed by atoms with Gasteiger partial charge in [-0.25, -0.2) is 0 Å². The highest BCUT2D eigenvalue weighted by Crippen LogP contribution is 2.29. The van der Waals surface area contributed by atoms with E-state index in [1.54, 1.807) is 0 Å². The third-order valence-corrected chi connectivity index (χ3v) is 3.64. The van der Waals surface area contributed by atoms with E-state index in [-0.39, 0.29) is 0 Å². The van der Waals surface area contributed by atoms with Crippen LogP contribution in [-0.4, -0.2) is 8.97 Å². The largest absolute Gasteiger partial charge is 0.313 e. The molecular formula is C17H12N2. The number of hydrogen-bond acceptors (Lipinski definition) is 0. The molecule has 4 aromatic rings. The summed E-state index contributed by atoms with van der Waals surface area (Å²) in [4.78, 5) is 0. The monoisotopic (exact) mass is 244 g/mol. The van der Waals surface area contributed by atoms with Crippen molar-refractivity contribution in [3.8, 4) is 12.3 Å². The molecule has 0 spiro atoms. The highest BCUT2D eigenvalue weighted by molar-refractivity contribution is 6.00. The standard InChI is InChI=1S/C17H12N2/c1-2-11-18-15-9-5-6-10-16(15)19-12-13-7-3-4-8-14(13)17(18)19/h1,3-10,12H,11H2. The molecule has 2 heterocycles. The molecule has 0 aliphatic heterocycles. The summed E-state index contributed by atoms with van der Waals surface area (Å²) in [7, 11) is 0. The van der Waals surface area contributed by atoms with Crippen LogP contribution in [0.3, 0.4) is 0 Å². The van der Waals surface area contributed by atoms with Crippen LogP contribution in [0.5, 0.6) is 0 Å². The summed E-state index contributed by atoms with van der Waals surface area (Å²) in [5.74, 6) is 2.76. The SMILES string of the molecule is C#CCn1c2ccccc2n2cc3ccccc3c12. The summed E-state index contributed by atoms with van der Waals surface area (Å²) in [6.07, 6.45) is 7.72. The number of imidazole rings is 1. The first-order valence-corrected chi connectivity index (χ1v) is 6.30. The second-order valence-corrected chi connectivity index (χ2v) is 4.69. The van der Waals surface area contributed by atoms with Crippen LogP contribution in [0, 0.1) is 12.3 Å². The van der Waals surface area contributed by atoms with Crippen molar-refractivity contribution in [3.63, 3.8) is 0 Å². The van der Waals surface area contributed by atoms with E-state index in [0.29, 0.717) is 6.54 Å². The average molecular weight is 244 g/mol. The maximum Gasteiger partial charge on any atom is 0.126 e. The average Bonchev–Trinajstić information content (AvgIpc) is 2.96. The Morgan fingerprint density at radius 1 is 0.947 bits per heavy atom. The van der Waals surface area contributed by atoms with Crippen molar-refractivity contribution in [2.75, 3.05) is 0 Å². The number of terminal acetylenes is 1. The van der Waals surface area contributed by atoms with Gasteiger partial charge in [0.2, 0.25) is 0 Å². The van der Waals surface area contributed by atoms with Gasteiger partial charge < -0.3 is 4.57 Å². The van der Waals surface area contributed by atoms with Crippen molar-refractivity contribution in [2.24, 2.45) is 0 Å². The summed E-state index contributed by atoms with van der Waals surface area (Å²) < 4.78 is 4.44. The van der Waals surface area contributed by atoms with Crippen LogP contribution in [0.2, 0.25) is 0 Å². The van der Waals surface area contributed by atoms with Gasteiger partial charge in [-0.15, -0.1) is 6.42 Å². The Bertz CT molecular complexity index is 942. The zero-order chi connectivity index (χ0) is 12.8. The summed E-state index contributed by atoms with van der Waals surface area (Å²) >= 11 is 0. The van der Waals surface area contributed by atoms with Crippen molar-refractivity contribution in [3.05, 3.63) is 54.7 Å². The van der Waals surface area contributed by atoms with Crippen LogP contribution >= 0.6 is 0 Å². The van der Waals surface area contributed by atoms with Crippen LogP contribution < -0.4 is 0 Å². The third-order valence-electron chi connectivity index (χ3n) is 3.64. The molecule has 4 rings (SSSR count). The fourth-order valence-electron chi connectivity index (χ4n) is 2.86. The molecule has 2 aromatic carbocycles. The van der Waals surface area contributed by atoms with Gasteiger partial charge in [0.1, 0.15) is 5.65 Å². The van der Waals surface area contributed by atoms with Gasteiger partial charge in [-0.3, -0.25) is 4.40 Å². The van der Waals surface area contributed by atoms with E-state index >= 15 is 0 Å². The maximum absolute atomic E-state index is 5.53. The second-order valence-electron chi connectivity index (χ2n) is 4.69. The molecule has 0 saturated carbocycles. The lowest BCUT2D eigenvalue weighted by atomic mass is 10.2. The Morgan fingerprint density at radius 3 is 2.53 bits per heavy atom. The maximum atomic E-state index is 5.53. The molecule has 0 N–H and O–H groups in total. The molecule has 0 aliphatic carbocycles. The molecule has 0 unspecified atom stereocenters. The van der Waals surface area contributed by atoms with E-state index in [0.717, 1.165) is 0 Å². The van der Waals surface area contributed by atoms with E-state index in [1.807, 2.05) is 0 Å². The van der Waals surface area contributed by atoms with Gasteiger partial charge in [-0.2, -0.15) is 0 Å². The molecular weight excluding hydrogens is 232 g/mol. The molecule has 0 saturated heterocycles. The second kappa shape index (κ2) is 3.66. The minimum Gasteiger partial charge on any atom is -0.313 e. The van der Waals surface area contributed by atoms with Crippen LogP contribution in [0.15, 0.2) is 54.7 Å². The number of hydrogen-bond donors (Lipinski definition) is 0. The smallest absolute Gasteiger partial charge is 0.126 e.